The highest BCUT2D eigenvalue weighted by molar-refractivity contribution is 7.16. The Labute approximate surface area is 520 Å². The number of allylic oxidation sites excluding steroid dienone is 6. The lowest BCUT2D eigenvalue weighted by Gasteiger charge is -2.25. The maximum atomic E-state index is 16.7. The number of benzene rings is 8. The Morgan fingerprint density at radius 3 is 0.854 bits per heavy atom. The summed E-state index contributed by atoms with van der Waals surface area (Å²) in [5, 5.41) is 19.2. The maximum absolute atomic E-state index is 16.7. The zero-order valence-electron chi connectivity index (χ0n) is 48.3. The Balaban J connectivity index is 0.989. The Kier molecular flexibility index (Phi) is 16.6. The summed E-state index contributed by atoms with van der Waals surface area (Å²) in [5.41, 5.74) is 10.3. The second-order valence-corrected chi connectivity index (χ2v) is 23.8. The molecule has 0 atom stereocenters. The van der Waals surface area contributed by atoms with E-state index in [0.29, 0.717) is 32.0 Å². The molecule has 0 saturated heterocycles. The lowest BCUT2D eigenvalue weighted by molar-refractivity contribution is -0.254. The van der Waals surface area contributed by atoms with Gasteiger partial charge in [-0.15, -0.1) is 22.7 Å². The number of halogens is 6. The molecule has 0 bridgehead atoms. The Morgan fingerprint density at radius 1 is 0.371 bits per heavy atom. The molecule has 2 heterocycles. The number of hydrogen-bond donors (Lipinski definition) is 0. The van der Waals surface area contributed by atoms with Crippen molar-refractivity contribution < 1.29 is 26.3 Å². The van der Waals surface area contributed by atoms with Crippen LogP contribution in [0.1, 0.15) is 90.4 Å². The fraction of sp³-hybridized carbons (Fsp3) is 0.0909. The number of nitrogens with zero attached hydrogens (tertiary/aromatic N) is 4. The van der Waals surface area contributed by atoms with E-state index in [1.807, 2.05) is 206 Å². The Bertz CT molecular complexity index is 4370. The van der Waals surface area contributed by atoms with Crippen LogP contribution in [0.4, 0.5) is 26.3 Å². The van der Waals surface area contributed by atoms with Crippen molar-refractivity contribution in [3.05, 3.63) is 341 Å². The quantitative estimate of drug-likeness (QED) is 0.0471. The van der Waals surface area contributed by atoms with E-state index in [2.05, 4.69) is 9.69 Å². The monoisotopic (exact) mass is 1210 g/mol. The molecule has 0 radical (unpaired) electrons. The fourth-order valence-electron chi connectivity index (χ4n) is 11.5. The molecule has 12 heteroatoms. The molecular weight excluding hydrogens is 1160 g/mol. The lowest BCUT2D eigenvalue weighted by Crippen LogP contribution is -2.48. The summed E-state index contributed by atoms with van der Waals surface area (Å²) in [4.78, 5) is 7.91. The van der Waals surface area contributed by atoms with Crippen LogP contribution in [0.5, 0.6) is 0 Å². The second kappa shape index (κ2) is 24.6. The highest BCUT2D eigenvalue weighted by atomic mass is 32.1. The van der Waals surface area contributed by atoms with Gasteiger partial charge in [-0.2, -0.15) is 26.3 Å². The normalized spacial score (nSPS) is 15.1. The summed E-state index contributed by atoms with van der Waals surface area (Å²) < 4.78 is 98.9. The zero-order valence-corrected chi connectivity index (χ0v) is 49.9. The van der Waals surface area contributed by atoms with Gasteiger partial charge in [0.2, 0.25) is 0 Å². The van der Waals surface area contributed by atoms with Crippen LogP contribution in [0, 0.1) is 49.7 Å². The van der Waals surface area contributed by atoms with Gasteiger partial charge in [-0.25, -0.2) is 20.2 Å². The van der Waals surface area contributed by atoms with Gasteiger partial charge in [-0.3, -0.25) is 0 Å². The van der Waals surface area contributed by atoms with E-state index in [1.54, 1.807) is 38.1 Å². The maximum Gasteiger partial charge on any atom is 0.380 e. The van der Waals surface area contributed by atoms with E-state index >= 15 is 26.3 Å². The lowest BCUT2D eigenvalue weighted by atomic mass is 9.85. The summed E-state index contributed by atoms with van der Waals surface area (Å²) in [7, 11) is 0. The largest absolute Gasteiger partial charge is 0.380 e. The van der Waals surface area contributed by atoms with E-state index in [9.17, 15) is 10.5 Å². The van der Waals surface area contributed by atoms with Crippen molar-refractivity contribution in [1.82, 2.24) is 0 Å². The first-order valence-corrected chi connectivity index (χ1v) is 29.8. The van der Waals surface area contributed by atoms with Crippen molar-refractivity contribution in [1.29, 1.82) is 10.5 Å². The van der Waals surface area contributed by atoms with E-state index < -0.39 is 40.0 Å². The molecular formula is C77H50F6N4S2. The first-order valence-electron chi connectivity index (χ1n) is 28.1. The first kappa shape index (κ1) is 60.1. The molecule has 89 heavy (non-hydrogen) atoms. The van der Waals surface area contributed by atoms with Crippen LogP contribution in [0.3, 0.4) is 0 Å². The SMILES string of the molecule is [C-]#[N+]/C(C#N)=C(/C)c1ccc(C(=C(c2ccccc2)c2ccc(-c3cc(C4=C(c5cc(-c6ccc(C(=C(c7ccccc7)c7ccc(/C(C)=C(\C#N)[N+]#[C-])cc7)c7ccccc7)cc6)sc5C)C(F)(F)C(F)(F)C4(F)F)c(C)s3)cc2)c2ccccc2)cc1. The van der Waals surface area contributed by atoms with Crippen LogP contribution >= 0.6 is 22.7 Å². The summed E-state index contributed by atoms with van der Waals surface area (Å²) in [5.74, 6) is -16.3. The molecule has 0 unspecified atom stereocenters. The number of aryl methyl sites for hydroxylation is 2. The van der Waals surface area contributed by atoms with Gasteiger partial charge in [-0.05, 0) is 151 Å². The van der Waals surface area contributed by atoms with Gasteiger partial charge in [0.05, 0.1) is 25.3 Å². The summed E-state index contributed by atoms with van der Waals surface area (Å²) in [6, 6.07) is 75.7. The van der Waals surface area contributed by atoms with Crippen molar-refractivity contribution >= 4 is 67.3 Å². The molecule has 10 aromatic rings. The molecule has 432 valence electrons. The van der Waals surface area contributed by atoms with Crippen molar-refractivity contribution in [2.75, 3.05) is 0 Å². The third-order valence-corrected chi connectivity index (χ3v) is 18.3. The number of nitriles is 2. The van der Waals surface area contributed by atoms with Crippen LogP contribution in [0.25, 0.3) is 75.2 Å². The standard InChI is InChI=1S/C77H50F6N4S2/c1-47(65(45-84)86-5)51-27-35-59(36-28-51)69(55-19-11-7-12-20-55)71(57-23-15-9-16-24-57)61-39-31-53(32-40-61)67-43-63(49(3)88-67)73-74(76(80,81)77(82,83)75(73,78)79)64-44-68(89-50(64)4)54-33-41-62(42-34-54)72(58-25-17-10-18-26-58)70(56-21-13-8-14-22-56)60-37-29-52(30-38-60)48(2)66(46-85)87-6/h7-44H,1-4H3/b65-47-,66-48+,71-69?,72-70?. The minimum atomic E-state index is -5.77. The highest BCUT2D eigenvalue weighted by Crippen LogP contribution is 2.66. The smallest absolute Gasteiger partial charge is 0.226 e. The number of thiophene rings is 2. The molecule has 4 nitrogen and oxygen atoms in total. The van der Waals surface area contributed by atoms with Gasteiger partial charge in [0.25, 0.3) is 11.4 Å². The van der Waals surface area contributed by atoms with Gasteiger partial charge in [0, 0.05) is 30.7 Å². The summed E-state index contributed by atoms with van der Waals surface area (Å²) in [6.45, 7) is 21.4. The minimum Gasteiger partial charge on any atom is -0.226 e. The Hall–Kier alpha value is -10.6. The molecule has 8 aromatic carbocycles. The van der Waals surface area contributed by atoms with Crippen LogP contribution in [-0.2, 0) is 0 Å². The van der Waals surface area contributed by atoms with E-state index in [1.165, 1.54) is 26.0 Å². The molecule has 0 saturated carbocycles. The van der Waals surface area contributed by atoms with Crippen molar-refractivity contribution in [2.24, 2.45) is 0 Å². The molecule has 11 rings (SSSR count). The average Bonchev–Trinajstić information content (AvgIpc) is 1.54. The van der Waals surface area contributed by atoms with Crippen molar-refractivity contribution in [2.45, 2.75) is 45.5 Å². The fourth-order valence-corrected chi connectivity index (χ4v) is 13.5. The molecule has 0 spiro atoms. The van der Waals surface area contributed by atoms with Crippen LogP contribution in [0.15, 0.2) is 242 Å². The van der Waals surface area contributed by atoms with Gasteiger partial charge in [0.15, 0.2) is 0 Å². The van der Waals surface area contributed by atoms with Crippen molar-refractivity contribution in [3.63, 3.8) is 0 Å². The molecule has 0 fully saturated rings. The predicted octanol–water partition coefficient (Wildman–Crippen LogP) is 22.0. The molecule has 0 amide bonds. The van der Waals surface area contributed by atoms with E-state index in [-0.39, 0.29) is 21.1 Å². The second-order valence-electron chi connectivity index (χ2n) is 21.3. The van der Waals surface area contributed by atoms with Crippen LogP contribution < -0.4 is 0 Å². The van der Waals surface area contributed by atoms with Gasteiger partial charge in [-0.1, -0.05) is 218 Å². The third kappa shape index (κ3) is 11.1. The van der Waals surface area contributed by atoms with Gasteiger partial charge < -0.3 is 0 Å². The van der Waals surface area contributed by atoms with Crippen molar-refractivity contribution in [3.8, 4) is 33.0 Å². The molecule has 1 aliphatic rings. The summed E-state index contributed by atoms with van der Waals surface area (Å²) in [6.07, 6.45) is 0. The first-order chi connectivity index (χ1) is 42.9. The zero-order chi connectivity index (χ0) is 62.8. The average molecular weight is 1210 g/mol. The van der Waals surface area contributed by atoms with E-state index in [4.69, 9.17) is 13.1 Å². The highest BCUT2D eigenvalue weighted by Gasteiger charge is 2.80. The summed E-state index contributed by atoms with van der Waals surface area (Å²) >= 11 is 2.10. The topological polar surface area (TPSA) is 56.3 Å². The van der Waals surface area contributed by atoms with Crippen LogP contribution in [-0.4, -0.2) is 17.8 Å². The Morgan fingerprint density at radius 2 is 0.607 bits per heavy atom. The molecule has 1 aliphatic carbocycles. The minimum absolute atomic E-state index is 0.00523. The van der Waals surface area contributed by atoms with Gasteiger partial charge in [0.1, 0.15) is 0 Å². The number of hydrogen-bond acceptors (Lipinski definition) is 4. The predicted molar refractivity (Wildman–Crippen MR) is 349 cm³/mol. The number of rotatable bonds is 14. The molecule has 0 N–H and O–H groups in total. The van der Waals surface area contributed by atoms with E-state index in [0.717, 1.165) is 101 Å². The third-order valence-electron chi connectivity index (χ3n) is 16.1. The number of alkyl halides is 6. The van der Waals surface area contributed by atoms with Gasteiger partial charge >= 0.3 is 17.8 Å². The molecule has 0 aliphatic heterocycles. The van der Waals surface area contributed by atoms with Crippen LogP contribution in [0.2, 0.25) is 0 Å². The molecule has 2 aromatic heterocycles.